The van der Waals surface area contributed by atoms with Gasteiger partial charge in [-0.1, -0.05) is 33.8 Å². The fourth-order valence-corrected chi connectivity index (χ4v) is 2.71. The van der Waals surface area contributed by atoms with Gasteiger partial charge < -0.3 is 4.90 Å². The van der Waals surface area contributed by atoms with E-state index in [1.807, 2.05) is 6.20 Å². The maximum absolute atomic E-state index is 9.15. The Morgan fingerprint density at radius 1 is 1.24 bits per heavy atom. The number of hydrogen-bond donors (Lipinski definition) is 0. The van der Waals surface area contributed by atoms with Gasteiger partial charge in [0.05, 0.1) is 12.1 Å². The molecule has 2 rings (SSSR count). The molecule has 1 fully saturated rings. The van der Waals surface area contributed by atoms with E-state index in [1.165, 1.54) is 5.56 Å². The Balaban J connectivity index is 1.98. The van der Waals surface area contributed by atoms with Crippen LogP contribution in [0, 0.1) is 11.3 Å². The molecular formula is C17H26N4. The van der Waals surface area contributed by atoms with Crippen molar-refractivity contribution in [3.05, 3.63) is 23.9 Å². The van der Waals surface area contributed by atoms with Crippen LogP contribution in [0.5, 0.6) is 0 Å². The zero-order valence-electron chi connectivity index (χ0n) is 13.6. The molecule has 2 heterocycles. The Morgan fingerprint density at radius 2 is 1.90 bits per heavy atom. The first kappa shape index (κ1) is 15.8. The summed E-state index contributed by atoms with van der Waals surface area (Å²) >= 11 is 0. The van der Waals surface area contributed by atoms with Crippen molar-refractivity contribution < 1.29 is 0 Å². The molecule has 0 aliphatic carbocycles. The second kappa shape index (κ2) is 6.44. The summed E-state index contributed by atoms with van der Waals surface area (Å²) in [7, 11) is 0. The summed E-state index contributed by atoms with van der Waals surface area (Å²) in [5.41, 5.74) is 1.41. The van der Waals surface area contributed by atoms with Crippen molar-refractivity contribution in [1.82, 2.24) is 9.88 Å². The molecule has 0 aromatic carbocycles. The molecule has 1 unspecified atom stereocenters. The van der Waals surface area contributed by atoms with Crippen molar-refractivity contribution in [3.8, 4) is 6.07 Å². The minimum Gasteiger partial charge on any atom is -0.354 e. The Morgan fingerprint density at radius 3 is 2.33 bits per heavy atom. The number of pyridine rings is 1. The van der Waals surface area contributed by atoms with Crippen LogP contribution in [0.15, 0.2) is 18.3 Å². The molecule has 0 N–H and O–H groups in total. The van der Waals surface area contributed by atoms with Gasteiger partial charge in [0.15, 0.2) is 0 Å². The largest absolute Gasteiger partial charge is 0.354 e. The summed E-state index contributed by atoms with van der Waals surface area (Å²) in [6.45, 7) is 12.5. The molecule has 114 valence electrons. The van der Waals surface area contributed by atoms with E-state index < -0.39 is 0 Å². The van der Waals surface area contributed by atoms with Crippen LogP contribution in [0.4, 0.5) is 5.82 Å². The first-order chi connectivity index (χ1) is 9.95. The molecule has 0 bridgehead atoms. The minimum atomic E-state index is 0.0587. The van der Waals surface area contributed by atoms with E-state index in [1.54, 1.807) is 0 Å². The van der Waals surface area contributed by atoms with Gasteiger partial charge in [0.2, 0.25) is 0 Å². The van der Waals surface area contributed by atoms with Gasteiger partial charge in [0.1, 0.15) is 5.82 Å². The van der Waals surface area contributed by atoms with Gasteiger partial charge in [-0.25, -0.2) is 4.98 Å². The Kier molecular flexibility index (Phi) is 4.84. The lowest BCUT2D eigenvalue weighted by Crippen LogP contribution is -2.50. The third kappa shape index (κ3) is 3.74. The Bertz CT molecular complexity index is 487. The predicted molar refractivity (Wildman–Crippen MR) is 86.4 cm³/mol. The number of piperazine rings is 1. The summed E-state index contributed by atoms with van der Waals surface area (Å²) in [4.78, 5) is 9.21. The van der Waals surface area contributed by atoms with Crippen molar-refractivity contribution in [2.24, 2.45) is 0 Å². The molecule has 0 amide bonds. The molecule has 1 aliphatic heterocycles. The van der Waals surface area contributed by atoms with Gasteiger partial charge in [-0.2, -0.15) is 5.26 Å². The monoisotopic (exact) mass is 286 g/mol. The Labute approximate surface area is 128 Å². The number of anilines is 1. The van der Waals surface area contributed by atoms with E-state index in [2.05, 4.69) is 60.7 Å². The van der Waals surface area contributed by atoms with Crippen molar-refractivity contribution in [1.29, 1.82) is 5.26 Å². The molecule has 1 aliphatic rings. The highest BCUT2D eigenvalue weighted by atomic mass is 15.3. The second-order valence-corrected chi connectivity index (χ2v) is 6.73. The van der Waals surface area contributed by atoms with Crippen LogP contribution in [0.2, 0.25) is 0 Å². The van der Waals surface area contributed by atoms with Crippen LogP contribution in [-0.4, -0.2) is 42.1 Å². The molecule has 21 heavy (non-hydrogen) atoms. The smallest absolute Gasteiger partial charge is 0.128 e. The SMILES string of the molecule is CCC(C#N)N1CCN(c2ccc(C(C)(C)C)cn2)CC1. The van der Waals surface area contributed by atoms with Crippen LogP contribution in [0.25, 0.3) is 0 Å². The predicted octanol–water partition coefficient (Wildman–Crippen LogP) is 2.80. The zero-order chi connectivity index (χ0) is 15.5. The highest BCUT2D eigenvalue weighted by Gasteiger charge is 2.23. The van der Waals surface area contributed by atoms with Crippen LogP contribution >= 0.6 is 0 Å². The first-order valence-electron chi connectivity index (χ1n) is 7.81. The van der Waals surface area contributed by atoms with E-state index in [0.717, 1.165) is 38.4 Å². The van der Waals surface area contributed by atoms with E-state index >= 15 is 0 Å². The maximum Gasteiger partial charge on any atom is 0.128 e. The highest BCUT2D eigenvalue weighted by molar-refractivity contribution is 5.41. The van der Waals surface area contributed by atoms with Gasteiger partial charge in [-0.3, -0.25) is 4.90 Å². The lowest BCUT2D eigenvalue weighted by atomic mass is 9.88. The molecule has 0 radical (unpaired) electrons. The lowest BCUT2D eigenvalue weighted by molar-refractivity contribution is 0.216. The lowest BCUT2D eigenvalue weighted by Gasteiger charge is -2.37. The number of nitrogens with zero attached hydrogens (tertiary/aromatic N) is 4. The third-order valence-electron chi connectivity index (χ3n) is 4.23. The highest BCUT2D eigenvalue weighted by Crippen LogP contribution is 2.23. The third-order valence-corrected chi connectivity index (χ3v) is 4.23. The normalized spacial score (nSPS) is 18.3. The maximum atomic E-state index is 9.15. The fraction of sp³-hybridized carbons (Fsp3) is 0.647. The zero-order valence-corrected chi connectivity index (χ0v) is 13.6. The van der Waals surface area contributed by atoms with E-state index in [-0.39, 0.29) is 11.5 Å². The summed E-state index contributed by atoms with van der Waals surface area (Å²) in [6, 6.07) is 6.75. The molecule has 1 aromatic heterocycles. The standard InChI is InChI=1S/C17H26N4/c1-5-15(12-18)20-8-10-21(11-9-20)16-7-6-14(13-19-16)17(2,3)4/h6-7,13,15H,5,8-11H2,1-4H3. The van der Waals surface area contributed by atoms with Crippen molar-refractivity contribution >= 4 is 5.82 Å². The molecule has 4 nitrogen and oxygen atoms in total. The molecule has 1 saturated heterocycles. The topological polar surface area (TPSA) is 43.2 Å². The summed E-state index contributed by atoms with van der Waals surface area (Å²) < 4.78 is 0. The molecule has 0 spiro atoms. The van der Waals surface area contributed by atoms with Gasteiger partial charge in [0, 0.05) is 32.4 Å². The van der Waals surface area contributed by atoms with Gasteiger partial charge in [-0.05, 0) is 23.5 Å². The number of hydrogen-bond acceptors (Lipinski definition) is 4. The number of aromatic nitrogens is 1. The first-order valence-corrected chi connectivity index (χ1v) is 7.81. The minimum absolute atomic E-state index is 0.0587. The molecular weight excluding hydrogens is 260 g/mol. The van der Waals surface area contributed by atoms with Crippen molar-refractivity contribution in [2.45, 2.75) is 45.6 Å². The van der Waals surface area contributed by atoms with E-state index in [0.29, 0.717) is 0 Å². The summed E-state index contributed by atoms with van der Waals surface area (Å²) in [6.07, 6.45) is 2.89. The number of nitriles is 1. The molecule has 1 atom stereocenters. The fourth-order valence-electron chi connectivity index (χ4n) is 2.71. The van der Waals surface area contributed by atoms with E-state index in [9.17, 15) is 0 Å². The van der Waals surface area contributed by atoms with Crippen LogP contribution in [-0.2, 0) is 5.41 Å². The quantitative estimate of drug-likeness (QED) is 0.857. The second-order valence-electron chi connectivity index (χ2n) is 6.73. The van der Waals surface area contributed by atoms with Gasteiger partial charge in [-0.15, -0.1) is 0 Å². The average molecular weight is 286 g/mol. The van der Waals surface area contributed by atoms with E-state index in [4.69, 9.17) is 5.26 Å². The van der Waals surface area contributed by atoms with Crippen molar-refractivity contribution in [2.75, 3.05) is 31.1 Å². The summed E-state index contributed by atoms with van der Waals surface area (Å²) in [5, 5.41) is 9.15. The van der Waals surface area contributed by atoms with Crippen LogP contribution in [0.3, 0.4) is 0 Å². The van der Waals surface area contributed by atoms with Gasteiger partial charge >= 0.3 is 0 Å². The molecule has 0 saturated carbocycles. The van der Waals surface area contributed by atoms with Crippen molar-refractivity contribution in [3.63, 3.8) is 0 Å². The average Bonchev–Trinajstić information content (AvgIpc) is 2.48. The Hall–Kier alpha value is -1.60. The van der Waals surface area contributed by atoms with Crippen LogP contribution in [0.1, 0.15) is 39.7 Å². The van der Waals surface area contributed by atoms with Crippen LogP contribution < -0.4 is 4.90 Å². The number of rotatable bonds is 3. The molecule has 1 aromatic rings. The summed E-state index contributed by atoms with van der Waals surface area (Å²) in [5.74, 6) is 1.05. The van der Waals surface area contributed by atoms with Gasteiger partial charge in [0.25, 0.3) is 0 Å². The molecule has 4 heteroatoms.